The lowest BCUT2D eigenvalue weighted by molar-refractivity contribution is 0.0468. The van der Waals surface area contributed by atoms with Gasteiger partial charge >= 0.3 is 11.7 Å². The van der Waals surface area contributed by atoms with Crippen LogP contribution in [0.2, 0.25) is 0 Å². The standard InChI is InChI=1S/C13H11N5O3/c1-17-13(20)18-8-14-10(11(18)15-16-17)12(19)21-7-9-5-3-2-4-6-9/h2-6,8H,7H2,1H3. The van der Waals surface area contributed by atoms with Crippen LogP contribution in [0.15, 0.2) is 41.5 Å². The van der Waals surface area contributed by atoms with Gasteiger partial charge in [-0.1, -0.05) is 35.5 Å². The molecule has 0 radical (unpaired) electrons. The number of hydrogen-bond acceptors (Lipinski definition) is 6. The Morgan fingerprint density at radius 2 is 2.05 bits per heavy atom. The monoisotopic (exact) mass is 285 g/mol. The van der Waals surface area contributed by atoms with Gasteiger partial charge < -0.3 is 4.74 Å². The Labute approximate surface area is 118 Å². The van der Waals surface area contributed by atoms with Crippen molar-refractivity contribution in [2.75, 3.05) is 0 Å². The molecule has 2 aromatic heterocycles. The number of rotatable bonds is 3. The van der Waals surface area contributed by atoms with Crippen LogP contribution in [0.4, 0.5) is 0 Å². The molecular formula is C13H11N5O3. The summed E-state index contributed by atoms with van der Waals surface area (Å²) in [5.74, 6) is -0.649. The predicted molar refractivity (Wildman–Crippen MR) is 71.6 cm³/mol. The SMILES string of the molecule is Cn1nnc2c(C(=O)OCc3ccccc3)ncn2c1=O. The van der Waals surface area contributed by atoms with Crippen molar-refractivity contribution in [1.82, 2.24) is 24.4 Å². The second-order valence-electron chi connectivity index (χ2n) is 4.34. The second kappa shape index (κ2) is 5.16. The van der Waals surface area contributed by atoms with Crippen molar-refractivity contribution in [1.29, 1.82) is 0 Å². The van der Waals surface area contributed by atoms with Crippen LogP contribution < -0.4 is 5.69 Å². The molecule has 0 fully saturated rings. The minimum atomic E-state index is -0.649. The smallest absolute Gasteiger partial charge is 0.361 e. The van der Waals surface area contributed by atoms with E-state index in [1.165, 1.54) is 13.4 Å². The van der Waals surface area contributed by atoms with Gasteiger partial charge in [0.05, 0.1) is 0 Å². The van der Waals surface area contributed by atoms with Crippen molar-refractivity contribution in [2.24, 2.45) is 7.05 Å². The van der Waals surface area contributed by atoms with Gasteiger partial charge in [-0.2, -0.15) is 4.68 Å². The van der Waals surface area contributed by atoms with Gasteiger partial charge in [-0.05, 0) is 5.56 Å². The number of aryl methyl sites for hydroxylation is 1. The maximum absolute atomic E-state index is 12.0. The summed E-state index contributed by atoms with van der Waals surface area (Å²) in [6.45, 7) is 0.122. The number of hydrogen-bond donors (Lipinski definition) is 0. The van der Waals surface area contributed by atoms with Crippen molar-refractivity contribution in [2.45, 2.75) is 6.61 Å². The molecule has 0 unspecified atom stereocenters. The lowest BCUT2D eigenvalue weighted by atomic mass is 10.2. The normalized spacial score (nSPS) is 10.7. The summed E-state index contributed by atoms with van der Waals surface area (Å²) in [4.78, 5) is 27.7. The summed E-state index contributed by atoms with van der Waals surface area (Å²) in [7, 11) is 1.46. The lowest BCUT2D eigenvalue weighted by Gasteiger charge is -2.03. The molecule has 0 aliphatic carbocycles. The van der Waals surface area contributed by atoms with Gasteiger partial charge in [0.1, 0.15) is 12.9 Å². The Bertz CT molecular complexity index is 853. The molecule has 0 saturated carbocycles. The van der Waals surface area contributed by atoms with E-state index in [1.807, 2.05) is 30.3 Å². The van der Waals surface area contributed by atoms with E-state index in [-0.39, 0.29) is 17.9 Å². The Kier molecular flexibility index (Phi) is 3.19. The molecule has 1 aromatic carbocycles. The zero-order chi connectivity index (χ0) is 14.8. The predicted octanol–water partition coefficient (Wildman–Crippen LogP) is 0.180. The molecule has 3 rings (SSSR count). The Morgan fingerprint density at radius 1 is 1.29 bits per heavy atom. The maximum atomic E-state index is 12.0. The van der Waals surface area contributed by atoms with Gasteiger partial charge in [-0.25, -0.2) is 19.0 Å². The molecule has 3 aromatic rings. The quantitative estimate of drug-likeness (QED) is 0.637. The first-order chi connectivity index (χ1) is 10.2. The van der Waals surface area contributed by atoms with Gasteiger partial charge in [0.25, 0.3) is 0 Å². The fourth-order valence-electron chi connectivity index (χ4n) is 1.82. The first-order valence-electron chi connectivity index (χ1n) is 6.15. The number of nitrogens with zero attached hydrogens (tertiary/aromatic N) is 5. The summed E-state index contributed by atoms with van der Waals surface area (Å²) in [6, 6.07) is 9.26. The molecule has 0 saturated heterocycles. The van der Waals surface area contributed by atoms with Crippen LogP contribution in [-0.4, -0.2) is 30.3 Å². The van der Waals surface area contributed by atoms with E-state index < -0.39 is 11.7 Å². The molecule has 0 atom stereocenters. The fourth-order valence-corrected chi connectivity index (χ4v) is 1.82. The van der Waals surface area contributed by atoms with Crippen LogP contribution in [0.25, 0.3) is 5.65 Å². The molecule has 8 heteroatoms. The Morgan fingerprint density at radius 3 is 2.81 bits per heavy atom. The van der Waals surface area contributed by atoms with Gasteiger partial charge in [0.15, 0.2) is 11.3 Å². The van der Waals surface area contributed by atoms with Crippen molar-refractivity contribution >= 4 is 11.6 Å². The Hall–Kier alpha value is -3.03. The number of ether oxygens (including phenoxy) is 1. The molecule has 0 N–H and O–H groups in total. The molecule has 0 aliphatic rings. The van der Waals surface area contributed by atoms with Crippen LogP contribution >= 0.6 is 0 Å². The molecule has 0 aliphatic heterocycles. The molecule has 0 bridgehead atoms. The average Bonchev–Trinajstić information content (AvgIpc) is 2.94. The zero-order valence-corrected chi connectivity index (χ0v) is 11.1. The van der Waals surface area contributed by atoms with Crippen LogP contribution in [0.3, 0.4) is 0 Å². The van der Waals surface area contributed by atoms with Gasteiger partial charge in [-0.15, -0.1) is 5.10 Å². The lowest BCUT2D eigenvalue weighted by Crippen LogP contribution is -2.27. The number of aromatic nitrogens is 5. The zero-order valence-electron chi connectivity index (χ0n) is 11.1. The Balaban J connectivity index is 1.85. The first-order valence-corrected chi connectivity index (χ1v) is 6.15. The molecule has 0 spiro atoms. The number of esters is 1. The second-order valence-corrected chi connectivity index (χ2v) is 4.34. The number of fused-ring (bicyclic) bond motifs is 1. The van der Waals surface area contributed by atoms with E-state index in [4.69, 9.17) is 4.74 Å². The van der Waals surface area contributed by atoms with E-state index in [0.29, 0.717) is 0 Å². The summed E-state index contributed by atoms with van der Waals surface area (Å²) < 4.78 is 7.35. The van der Waals surface area contributed by atoms with E-state index in [0.717, 1.165) is 14.6 Å². The summed E-state index contributed by atoms with van der Waals surface area (Å²) in [5, 5.41) is 7.42. The van der Waals surface area contributed by atoms with Crippen LogP contribution in [0.1, 0.15) is 16.1 Å². The average molecular weight is 285 g/mol. The molecule has 2 heterocycles. The molecule has 0 amide bonds. The van der Waals surface area contributed by atoms with E-state index in [9.17, 15) is 9.59 Å². The first kappa shape index (κ1) is 13.0. The summed E-state index contributed by atoms with van der Waals surface area (Å²) >= 11 is 0. The van der Waals surface area contributed by atoms with Gasteiger partial charge in [0, 0.05) is 7.05 Å². The fraction of sp³-hybridized carbons (Fsp3) is 0.154. The number of imidazole rings is 1. The van der Waals surface area contributed by atoms with Gasteiger partial charge in [0.2, 0.25) is 0 Å². The van der Waals surface area contributed by atoms with Gasteiger partial charge in [-0.3, -0.25) is 0 Å². The highest BCUT2D eigenvalue weighted by molar-refractivity contribution is 5.93. The third-order valence-corrected chi connectivity index (χ3v) is 2.90. The number of benzene rings is 1. The molecule has 106 valence electrons. The van der Waals surface area contributed by atoms with Crippen molar-refractivity contribution in [3.8, 4) is 0 Å². The number of carbonyl (C=O) groups excluding carboxylic acids is 1. The minimum Gasteiger partial charge on any atom is -0.456 e. The molecular weight excluding hydrogens is 274 g/mol. The van der Waals surface area contributed by atoms with E-state index in [2.05, 4.69) is 15.3 Å². The highest BCUT2D eigenvalue weighted by atomic mass is 16.5. The van der Waals surface area contributed by atoms with Crippen molar-refractivity contribution in [3.63, 3.8) is 0 Å². The molecule has 21 heavy (non-hydrogen) atoms. The van der Waals surface area contributed by atoms with Crippen LogP contribution in [-0.2, 0) is 18.4 Å². The van der Waals surface area contributed by atoms with E-state index >= 15 is 0 Å². The third-order valence-electron chi connectivity index (χ3n) is 2.90. The van der Waals surface area contributed by atoms with Crippen molar-refractivity contribution < 1.29 is 9.53 Å². The highest BCUT2D eigenvalue weighted by Gasteiger charge is 2.18. The van der Waals surface area contributed by atoms with Crippen LogP contribution in [0, 0.1) is 0 Å². The summed E-state index contributed by atoms with van der Waals surface area (Å²) in [6.07, 6.45) is 1.23. The van der Waals surface area contributed by atoms with Crippen LogP contribution in [0.5, 0.6) is 0 Å². The number of carbonyl (C=O) groups is 1. The third kappa shape index (κ3) is 2.38. The minimum absolute atomic E-state index is 0.0314. The summed E-state index contributed by atoms with van der Waals surface area (Å²) in [5.41, 5.74) is 0.471. The molecule has 8 nitrogen and oxygen atoms in total. The maximum Gasteiger partial charge on any atom is 0.361 e. The van der Waals surface area contributed by atoms with E-state index in [1.54, 1.807) is 0 Å². The highest BCUT2D eigenvalue weighted by Crippen LogP contribution is 2.07. The largest absolute Gasteiger partial charge is 0.456 e. The van der Waals surface area contributed by atoms with Crippen molar-refractivity contribution in [3.05, 3.63) is 58.4 Å². The topological polar surface area (TPSA) is 91.4 Å².